The molecule has 1 atom stereocenters. The molecule has 0 spiro atoms. The van der Waals surface area contributed by atoms with Gasteiger partial charge >= 0.3 is 0 Å². The molecule has 2 heteroatoms. The lowest BCUT2D eigenvalue weighted by Gasteiger charge is -2.19. The van der Waals surface area contributed by atoms with Gasteiger partial charge in [-0.05, 0) is 56.4 Å². The molecule has 2 aromatic rings. The smallest absolute Gasteiger partial charge is 0.109 e. The van der Waals surface area contributed by atoms with Crippen molar-refractivity contribution < 1.29 is 0 Å². The lowest BCUT2D eigenvalue weighted by atomic mass is 10.0. The van der Waals surface area contributed by atoms with Gasteiger partial charge in [0.1, 0.15) is 5.84 Å². The molecule has 2 aromatic carbocycles. The summed E-state index contributed by atoms with van der Waals surface area (Å²) in [7, 11) is 0. The van der Waals surface area contributed by atoms with E-state index in [4.69, 9.17) is 4.99 Å². The van der Waals surface area contributed by atoms with E-state index in [9.17, 15) is 0 Å². The zero-order chi connectivity index (χ0) is 17.0. The number of nitrogens with zero attached hydrogens (tertiary/aromatic N) is 1. The van der Waals surface area contributed by atoms with Crippen LogP contribution in [0.3, 0.4) is 0 Å². The van der Waals surface area contributed by atoms with E-state index in [2.05, 4.69) is 83.3 Å². The van der Waals surface area contributed by atoms with Crippen molar-refractivity contribution in [1.29, 1.82) is 0 Å². The third-order valence-electron chi connectivity index (χ3n) is 4.49. The third kappa shape index (κ3) is 4.01. The number of amidine groups is 1. The lowest BCUT2D eigenvalue weighted by molar-refractivity contribution is 0.737. The van der Waals surface area contributed by atoms with Crippen molar-refractivity contribution in [2.45, 2.75) is 48.0 Å². The van der Waals surface area contributed by atoms with Crippen LogP contribution in [0.25, 0.3) is 0 Å². The van der Waals surface area contributed by atoms with E-state index in [1.54, 1.807) is 0 Å². The molecule has 2 rings (SSSR count). The van der Waals surface area contributed by atoms with Gasteiger partial charge in [-0.25, -0.2) is 4.99 Å². The first kappa shape index (κ1) is 17.3. The van der Waals surface area contributed by atoms with Crippen LogP contribution in [-0.4, -0.2) is 5.84 Å². The molecule has 0 radical (unpaired) electrons. The number of rotatable bonds is 4. The van der Waals surface area contributed by atoms with Gasteiger partial charge in [0, 0.05) is 11.6 Å². The second-order valence-corrected chi connectivity index (χ2v) is 6.44. The van der Waals surface area contributed by atoms with Gasteiger partial charge in [-0.2, -0.15) is 0 Å². The molecule has 0 saturated heterocycles. The zero-order valence-electron chi connectivity index (χ0n) is 15.2. The summed E-state index contributed by atoms with van der Waals surface area (Å²) in [5, 5.41) is 3.62. The molecule has 0 aliphatic rings. The lowest BCUT2D eigenvalue weighted by Crippen LogP contribution is -2.21. The summed E-state index contributed by atoms with van der Waals surface area (Å²) in [6.07, 6.45) is 1.06. The van der Waals surface area contributed by atoms with E-state index in [1.807, 2.05) is 0 Å². The standard InChI is InChI=1S/C21H28N2/c1-7-14(2)21(22-19-15(3)10-8-11-16(19)4)23-20-17(5)12-9-13-18(20)6/h8-14H,7H2,1-6H3,(H,22,23). The van der Waals surface area contributed by atoms with Gasteiger partial charge in [0.25, 0.3) is 0 Å². The highest BCUT2D eigenvalue weighted by molar-refractivity contribution is 6.00. The minimum atomic E-state index is 0.382. The van der Waals surface area contributed by atoms with Crippen molar-refractivity contribution in [2.24, 2.45) is 10.9 Å². The Kier molecular flexibility index (Phi) is 5.59. The van der Waals surface area contributed by atoms with Gasteiger partial charge in [-0.15, -0.1) is 0 Å². The van der Waals surface area contributed by atoms with E-state index < -0.39 is 0 Å². The fraction of sp³-hybridized carbons (Fsp3) is 0.381. The second-order valence-electron chi connectivity index (χ2n) is 6.44. The largest absolute Gasteiger partial charge is 0.343 e. The van der Waals surface area contributed by atoms with E-state index in [0.717, 1.165) is 17.9 Å². The predicted molar refractivity (Wildman–Crippen MR) is 102 cm³/mol. The highest BCUT2D eigenvalue weighted by Crippen LogP contribution is 2.26. The predicted octanol–water partition coefficient (Wildman–Crippen LogP) is 6.11. The fourth-order valence-corrected chi connectivity index (χ4v) is 2.70. The third-order valence-corrected chi connectivity index (χ3v) is 4.49. The summed E-state index contributed by atoms with van der Waals surface area (Å²) in [6, 6.07) is 12.7. The number of benzene rings is 2. The zero-order valence-corrected chi connectivity index (χ0v) is 15.2. The van der Waals surface area contributed by atoms with Crippen molar-refractivity contribution in [2.75, 3.05) is 5.32 Å². The first-order valence-electron chi connectivity index (χ1n) is 8.42. The van der Waals surface area contributed by atoms with Gasteiger partial charge in [0.15, 0.2) is 0 Å². The van der Waals surface area contributed by atoms with E-state index >= 15 is 0 Å². The molecule has 0 fully saturated rings. The Hall–Kier alpha value is -2.09. The normalized spacial score (nSPS) is 13.0. The van der Waals surface area contributed by atoms with Gasteiger partial charge in [-0.3, -0.25) is 0 Å². The maximum absolute atomic E-state index is 5.01. The number of para-hydroxylation sites is 2. The molecule has 0 aromatic heterocycles. The van der Waals surface area contributed by atoms with Gasteiger partial charge in [0.2, 0.25) is 0 Å². The van der Waals surface area contributed by atoms with E-state index in [-0.39, 0.29) is 0 Å². The average Bonchev–Trinajstić information content (AvgIpc) is 2.52. The quantitative estimate of drug-likeness (QED) is 0.535. The highest BCUT2D eigenvalue weighted by atomic mass is 15.0. The number of aliphatic imine (C=N–C) groups is 1. The van der Waals surface area contributed by atoms with Crippen LogP contribution in [0.2, 0.25) is 0 Å². The Bertz CT molecular complexity index is 673. The molecule has 0 heterocycles. The van der Waals surface area contributed by atoms with Gasteiger partial charge < -0.3 is 5.32 Å². The van der Waals surface area contributed by atoms with Crippen molar-refractivity contribution in [1.82, 2.24) is 0 Å². The van der Waals surface area contributed by atoms with Gasteiger partial charge in [0.05, 0.1) is 5.69 Å². The molecular formula is C21H28N2. The van der Waals surface area contributed by atoms with Crippen LogP contribution in [0, 0.1) is 33.6 Å². The molecular weight excluding hydrogens is 280 g/mol. The van der Waals surface area contributed by atoms with Crippen LogP contribution in [0.4, 0.5) is 11.4 Å². The molecule has 23 heavy (non-hydrogen) atoms. The van der Waals surface area contributed by atoms with Crippen molar-refractivity contribution >= 4 is 17.2 Å². The maximum Gasteiger partial charge on any atom is 0.109 e. The Morgan fingerprint density at radius 2 is 1.39 bits per heavy atom. The minimum absolute atomic E-state index is 0.382. The average molecular weight is 308 g/mol. The summed E-state index contributed by atoms with van der Waals surface area (Å²) in [4.78, 5) is 5.01. The number of hydrogen-bond donors (Lipinski definition) is 1. The topological polar surface area (TPSA) is 24.4 Å². The summed E-state index contributed by atoms with van der Waals surface area (Å²) < 4.78 is 0. The van der Waals surface area contributed by atoms with Crippen molar-refractivity contribution in [3.05, 3.63) is 58.7 Å². The highest BCUT2D eigenvalue weighted by Gasteiger charge is 2.13. The first-order valence-corrected chi connectivity index (χ1v) is 8.42. The van der Waals surface area contributed by atoms with Crippen LogP contribution >= 0.6 is 0 Å². The summed E-state index contributed by atoms with van der Waals surface area (Å²) in [5.74, 6) is 1.43. The SMILES string of the molecule is CCC(C)C(=Nc1c(C)cccc1C)Nc1c(C)cccc1C. The van der Waals surface area contributed by atoms with Gasteiger partial charge in [-0.1, -0.05) is 50.2 Å². The van der Waals surface area contributed by atoms with Crippen molar-refractivity contribution in [3.63, 3.8) is 0 Å². The molecule has 0 saturated carbocycles. The van der Waals surface area contributed by atoms with E-state index in [1.165, 1.54) is 27.9 Å². The Morgan fingerprint density at radius 3 is 1.87 bits per heavy atom. The molecule has 1 unspecified atom stereocenters. The monoisotopic (exact) mass is 308 g/mol. The Morgan fingerprint density at radius 1 is 0.913 bits per heavy atom. The van der Waals surface area contributed by atoms with Crippen LogP contribution in [0.1, 0.15) is 42.5 Å². The minimum Gasteiger partial charge on any atom is -0.343 e. The number of hydrogen-bond acceptors (Lipinski definition) is 1. The fourth-order valence-electron chi connectivity index (χ4n) is 2.70. The second kappa shape index (κ2) is 7.45. The molecule has 1 N–H and O–H groups in total. The van der Waals surface area contributed by atoms with Crippen LogP contribution < -0.4 is 5.32 Å². The Labute approximate surface area is 140 Å². The first-order chi connectivity index (χ1) is 10.9. The molecule has 2 nitrogen and oxygen atoms in total. The number of aryl methyl sites for hydroxylation is 4. The van der Waals surface area contributed by atoms with E-state index in [0.29, 0.717) is 5.92 Å². The van der Waals surface area contributed by atoms with Crippen LogP contribution in [0.5, 0.6) is 0 Å². The van der Waals surface area contributed by atoms with Crippen molar-refractivity contribution in [3.8, 4) is 0 Å². The summed E-state index contributed by atoms with van der Waals surface area (Å²) >= 11 is 0. The molecule has 0 aliphatic heterocycles. The molecule has 122 valence electrons. The molecule has 0 amide bonds. The summed E-state index contributed by atoms with van der Waals surface area (Å²) in [5.41, 5.74) is 7.20. The number of anilines is 1. The Balaban J connectivity index is 2.48. The summed E-state index contributed by atoms with van der Waals surface area (Å²) in [6.45, 7) is 13.0. The van der Waals surface area contributed by atoms with Crippen LogP contribution in [0.15, 0.2) is 41.4 Å². The molecule has 0 bridgehead atoms. The maximum atomic E-state index is 5.01. The number of nitrogens with one attached hydrogen (secondary N) is 1. The van der Waals surface area contributed by atoms with Crippen LogP contribution in [-0.2, 0) is 0 Å². The molecule has 0 aliphatic carbocycles.